The highest BCUT2D eigenvalue weighted by Crippen LogP contribution is 2.20. The Morgan fingerprint density at radius 3 is 2.33 bits per heavy atom. The minimum atomic E-state index is -0.831. The number of nitrogens with zero attached hydrogens (tertiary/aromatic N) is 2. The van der Waals surface area contributed by atoms with Crippen molar-refractivity contribution in [1.29, 1.82) is 10.5 Å². The fourth-order valence-electron chi connectivity index (χ4n) is 2.07. The van der Waals surface area contributed by atoms with Crippen LogP contribution in [0.3, 0.4) is 0 Å². The van der Waals surface area contributed by atoms with Crippen LogP contribution in [-0.2, 0) is 4.79 Å². The topological polar surface area (TPSA) is 93.8 Å². The van der Waals surface area contributed by atoms with Gasteiger partial charge in [0.05, 0.1) is 12.1 Å². The molecule has 0 saturated carbocycles. The van der Waals surface area contributed by atoms with Gasteiger partial charge in [0.25, 0.3) is 5.91 Å². The molecule has 0 aliphatic carbocycles. The van der Waals surface area contributed by atoms with Crippen LogP contribution in [0.25, 0.3) is 0 Å². The van der Waals surface area contributed by atoms with Crippen LogP contribution < -0.4 is 5.32 Å². The molecule has 108 valence electrons. The van der Waals surface area contributed by atoms with E-state index < -0.39 is 17.7 Å². The second kappa shape index (κ2) is 8.50. The lowest BCUT2D eigenvalue weighted by atomic mass is 9.87. The molecule has 1 rings (SSSR count). The number of carbonyl (C=O) groups is 2. The van der Waals surface area contributed by atoms with Crippen molar-refractivity contribution in [3.63, 3.8) is 0 Å². The first-order valence-electron chi connectivity index (χ1n) is 6.80. The molecular formula is C16H17N3O2. The lowest BCUT2D eigenvalue weighted by molar-refractivity contribution is -0.121. The standard InChI is InChI=1S/C16H17N3O2/c1-2-6-13(14(10-17)11-18)9-15(20)19-16(21)12-7-4-3-5-8-12/h3-5,7-8,13-14H,2,6,9H2,1H3,(H,19,20,21)/t13-/m1/s1. The van der Waals surface area contributed by atoms with Crippen molar-refractivity contribution in [2.45, 2.75) is 26.2 Å². The molecule has 21 heavy (non-hydrogen) atoms. The molecule has 0 bridgehead atoms. The smallest absolute Gasteiger partial charge is 0.257 e. The first-order chi connectivity index (χ1) is 10.1. The van der Waals surface area contributed by atoms with E-state index in [0.29, 0.717) is 12.0 Å². The Kier molecular flexibility index (Phi) is 6.63. The van der Waals surface area contributed by atoms with Crippen molar-refractivity contribution in [3.05, 3.63) is 35.9 Å². The first-order valence-corrected chi connectivity index (χ1v) is 6.80. The molecule has 0 radical (unpaired) electrons. The van der Waals surface area contributed by atoms with Gasteiger partial charge in [0.15, 0.2) is 0 Å². The molecule has 1 atom stereocenters. The van der Waals surface area contributed by atoms with E-state index in [2.05, 4.69) is 5.32 Å². The summed E-state index contributed by atoms with van der Waals surface area (Å²) in [6, 6.07) is 12.2. The highest BCUT2D eigenvalue weighted by Gasteiger charge is 2.24. The van der Waals surface area contributed by atoms with Gasteiger partial charge in [-0.3, -0.25) is 14.9 Å². The van der Waals surface area contributed by atoms with Crippen LogP contribution in [0.1, 0.15) is 36.5 Å². The largest absolute Gasteiger partial charge is 0.292 e. The summed E-state index contributed by atoms with van der Waals surface area (Å²) in [5.74, 6) is -2.12. The fraction of sp³-hybridized carbons (Fsp3) is 0.375. The summed E-state index contributed by atoms with van der Waals surface area (Å²) in [6.07, 6.45) is 1.36. The average molecular weight is 283 g/mol. The van der Waals surface area contributed by atoms with Crippen molar-refractivity contribution in [2.24, 2.45) is 11.8 Å². The number of nitrogens with one attached hydrogen (secondary N) is 1. The van der Waals surface area contributed by atoms with Gasteiger partial charge < -0.3 is 0 Å². The van der Waals surface area contributed by atoms with Crippen molar-refractivity contribution in [3.8, 4) is 12.1 Å². The van der Waals surface area contributed by atoms with Gasteiger partial charge in [-0.25, -0.2) is 0 Å². The molecular weight excluding hydrogens is 266 g/mol. The molecule has 1 N–H and O–H groups in total. The van der Waals surface area contributed by atoms with Gasteiger partial charge >= 0.3 is 0 Å². The highest BCUT2D eigenvalue weighted by atomic mass is 16.2. The van der Waals surface area contributed by atoms with Crippen molar-refractivity contribution in [1.82, 2.24) is 5.32 Å². The molecule has 0 unspecified atom stereocenters. The van der Waals surface area contributed by atoms with Crippen LogP contribution in [0.15, 0.2) is 30.3 Å². The van der Waals surface area contributed by atoms with Gasteiger partial charge in [0, 0.05) is 12.0 Å². The summed E-state index contributed by atoms with van der Waals surface area (Å²) in [4.78, 5) is 23.7. The summed E-state index contributed by atoms with van der Waals surface area (Å²) < 4.78 is 0. The maximum atomic E-state index is 11.9. The van der Waals surface area contributed by atoms with Crippen molar-refractivity contribution >= 4 is 11.8 Å². The van der Waals surface area contributed by atoms with Gasteiger partial charge in [-0.15, -0.1) is 0 Å². The first kappa shape index (κ1) is 16.4. The Labute approximate surface area is 124 Å². The molecule has 0 spiro atoms. The predicted molar refractivity (Wildman–Crippen MR) is 76.6 cm³/mol. The lowest BCUT2D eigenvalue weighted by Gasteiger charge is -2.15. The minimum absolute atomic E-state index is 0.00179. The third-order valence-corrected chi connectivity index (χ3v) is 3.15. The molecule has 0 aliphatic heterocycles. The van der Waals surface area contributed by atoms with Gasteiger partial charge in [-0.1, -0.05) is 31.5 Å². The number of hydrogen-bond donors (Lipinski definition) is 1. The Morgan fingerprint density at radius 2 is 1.81 bits per heavy atom. The van der Waals surface area contributed by atoms with E-state index in [0.717, 1.165) is 6.42 Å². The van der Waals surface area contributed by atoms with Crippen LogP contribution in [0.5, 0.6) is 0 Å². The molecule has 5 heteroatoms. The molecule has 0 heterocycles. The summed E-state index contributed by atoms with van der Waals surface area (Å²) >= 11 is 0. The molecule has 0 aromatic heterocycles. The molecule has 5 nitrogen and oxygen atoms in total. The number of benzene rings is 1. The Balaban J connectivity index is 2.65. The van der Waals surface area contributed by atoms with Crippen LogP contribution >= 0.6 is 0 Å². The average Bonchev–Trinajstić information content (AvgIpc) is 2.49. The monoisotopic (exact) mass is 283 g/mol. The Bertz CT molecular complexity index is 555. The number of carbonyl (C=O) groups excluding carboxylic acids is 2. The van der Waals surface area contributed by atoms with Crippen LogP contribution in [0.4, 0.5) is 0 Å². The second-order valence-electron chi connectivity index (χ2n) is 4.73. The lowest BCUT2D eigenvalue weighted by Crippen LogP contribution is -2.32. The zero-order valence-corrected chi connectivity index (χ0v) is 11.9. The third kappa shape index (κ3) is 5.08. The van der Waals surface area contributed by atoms with E-state index in [-0.39, 0.29) is 12.3 Å². The summed E-state index contributed by atoms with van der Waals surface area (Å²) in [6.45, 7) is 1.92. The molecule has 0 saturated heterocycles. The molecule has 0 fully saturated rings. The molecule has 2 amide bonds. The quantitative estimate of drug-likeness (QED) is 0.867. The van der Waals surface area contributed by atoms with Crippen LogP contribution in [0, 0.1) is 34.5 Å². The zero-order chi connectivity index (χ0) is 15.7. The molecule has 1 aromatic rings. The van der Waals surface area contributed by atoms with Crippen LogP contribution in [-0.4, -0.2) is 11.8 Å². The van der Waals surface area contributed by atoms with E-state index in [9.17, 15) is 9.59 Å². The third-order valence-electron chi connectivity index (χ3n) is 3.15. The fourth-order valence-corrected chi connectivity index (χ4v) is 2.07. The van der Waals surface area contributed by atoms with E-state index in [1.807, 2.05) is 19.1 Å². The van der Waals surface area contributed by atoms with Crippen molar-refractivity contribution in [2.75, 3.05) is 0 Å². The van der Waals surface area contributed by atoms with Gasteiger partial charge in [0.2, 0.25) is 5.91 Å². The Morgan fingerprint density at radius 1 is 1.19 bits per heavy atom. The zero-order valence-electron chi connectivity index (χ0n) is 11.9. The maximum absolute atomic E-state index is 11.9. The van der Waals surface area contributed by atoms with Gasteiger partial charge in [-0.2, -0.15) is 10.5 Å². The molecule has 0 aliphatic rings. The predicted octanol–water partition coefficient (Wildman–Crippen LogP) is 2.41. The van der Waals surface area contributed by atoms with Crippen molar-refractivity contribution < 1.29 is 9.59 Å². The number of rotatable bonds is 6. The maximum Gasteiger partial charge on any atom is 0.257 e. The van der Waals surface area contributed by atoms with Gasteiger partial charge in [-0.05, 0) is 24.5 Å². The summed E-state index contributed by atoms with van der Waals surface area (Å²) in [5.41, 5.74) is 0.398. The van der Waals surface area contributed by atoms with E-state index in [1.54, 1.807) is 30.3 Å². The van der Waals surface area contributed by atoms with Gasteiger partial charge in [0.1, 0.15) is 5.92 Å². The van der Waals surface area contributed by atoms with Crippen LogP contribution in [0.2, 0.25) is 0 Å². The summed E-state index contributed by atoms with van der Waals surface area (Å²) in [7, 11) is 0. The summed E-state index contributed by atoms with van der Waals surface area (Å²) in [5, 5.41) is 20.1. The van der Waals surface area contributed by atoms with E-state index in [4.69, 9.17) is 10.5 Å². The number of imide groups is 1. The number of hydrogen-bond acceptors (Lipinski definition) is 4. The van der Waals surface area contributed by atoms with E-state index in [1.165, 1.54) is 0 Å². The number of amides is 2. The molecule has 1 aromatic carbocycles. The highest BCUT2D eigenvalue weighted by molar-refractivity contribution is 6.04. The normalized spacial score (nSPS) is 11.2. The SMILES string of the molecule is CCC[C@H](CC(=O)NC(=O)c1ccccc1)C(C#N)C#N. The second-order valence-corrected chi connectivity index (χ2v) is 4.73. The number of nitriles is 2. The Hall–Kier alpha value is -2.66. The minimum Gasteiger partial charge on any atom is -0.292 e. The van der Waals surface area contributed by atoms with E-state index >= 15 is 0 Å².